The Labute approximate surface area is 174 Å². The van der Waals surface area contributed by atoms with Crippen LogP contribution in [-0.2, 0) is 4.74 Å². The van der Waals surface area contributed by atoms with E-state index in [0.717, 1.165) is 0 Å². The van der Waals surface area contributed by atoms with E-state index in [1.54, 1.807) is 38.4 Å². The number of aromatic nitrogens is 2. The predicted molar refractivity (Wildman–Crippen MR) is 108 cm³/mol. The Balaban J connectivity index is 1.42. The number of rotatable bonds is 7. The Kier molecular flexibility index (Phi) is 7.36. The van der Waals surface area contributed by atoms with Crippen molar-refractivity contribution in [2.75, 3.05) is 18.5 Å². The highest BCUT2D eigenvalue weighted by Crippen LogP contribution is 2.22. The average molecular weight is 417 g/mol. The molecule has 0 spiro atoms. The molecule has 10 nitrogen and oxygen atoms in total. The lowest BCUT2D eigenvalue weighted by Gasteiger charge is -2.36. The zero-order valence-corrected chi connectivity index (χ0v) is 17.1. The van der Waals surface area contributed by atoms with Gasteiger partial charge in [-0.05, 0) is 45.2 Å². The minimum atomic E-state index is -0.495. The zero-order valence-electron chi connectivity index (χ0n) is 17.1. The normalized spacial score (nSPS) is 21.1. The summed E-state index contributed by atoms with van der Waals surface area (Å²) in [5.41, 5.74) is 1.69. The summed E-state index contributed by atoms with van der Waals surface area (Å²) < 4.78 is 11.0. The summed E-state index contributed by atoms with van der Waals surface area (Å²) in [5.74, 6) is 0.324. The molecule has 0 bridgehead atoms. The van der Waals surface area contributed by atoms with Gasteiger partial charge in [-0.3, -0.25) is 9.78 Å². The number of carbonyl (C=O) groups excluding carboxylic acids is 2. The van der Waals surface area contributed by atoms with Crippen molar-refractivity contribution in [2.24, 2.45) is 0 Å². The molecule has 1 fully saturated rings. The molecule has 0 radical (unpaired) electrons. The van der Waals surface area contributed by atoms with E-state index in [0.29, 0.717) is 48.5 Å². The van der Waals surface area contributed by atoms with E-state index in [4.69, 9.17) is 9.26 Å². The molecule has 0 unspecified atom stereocenters. The Morgan fingerprint density at radius 1 is 1.23 bits per heavy atom. The molecule has 2 aromatic heterocycles. The number of carbonyl (C=O) groups is 2. The SMILES string of the molecule is Cc1noc(C)c1NC(=O)NCC[C@@H]1CC[C@@H](NC(=O)c2ccncc2)[C@@H](CO)O1. The zero-order chi connectivity index (χ0) is 21.5. The van der Waals surface area contributed by atoms with Gasteiger partial charge in [-0.25, -0.2) is 4.79 Å². The molecule has 4 N–H and O–H groups in total. The number of aliphatic hydroxyl groups is 1. The monoisotopic (exact) mass is 417 g/mol. The number of pyridine rings is 1. The number of urea groups is 1. The van der Waals surface area contributed by atoms with Crippen LogP contribution in [0.3, 0.4) is 0 Å². The molecule has 0 aliphatic carbocycles. The van der Waals surface area contributed by atoms with Crippen LogP contribution in [0.25, 0.3) is 0 Å². The number of aliphatic hydroxyl groups excluding tert-OH is 1. The molecule has 1 aliphatic rings. The van der Waals surface area contributed by atoms with E-state index in [1.165, 1.54) is 0 Å². The van der Waals surface area contributed by atoms with Crippen LogP contribution in [0.15, 0.2) is 29.0 Å². The van der Waals surface area contributed by atoms with E-state index in [9.17, 15) is 14.7 Å². The van der Waals surface area contributed by atoms with Gasteiger partial charge in [0.05, 0.1) is 18.8 Å². The van der Waals surface area contributed by atoms with Crippen molar-refractivity contribution in [3.63, 3.8) is 0 Å². The first-order valence-corrected chi connectivity index (χ1v) is 9.93. The number of hydrogen-bond acceptors (Lipinski definition) is 7. The maximum atomic E-state index is 12.3. The van der Waals surface area contributed by atoms with Crippen LogP contribution in [0.4, 0.5) is 10.5 Å². The smallest absolute Gasteiger partial charge is 0.319 e. The van der Waals surface area contributed by atoms with Gasteiger partial charge in [0.25, 0.3) is 5.91 Å². The predicted octanol–water partition coefficient (Wildman–Crippen LogP) is 1.54. The highest BCUT2D eigenvalue weighted by atomic mass is 16.5. The van der Waals surface area contributed by atoms with Crippen LogP contribution in [0, 0.1) is 13.8 Å². The van der Waals surface area contributed by atoms with Gasteiger partial charge in [-0.2, -0.15) is 0 Å². The first-order chi connectivity index (χ1) is 14.5. The maximum Gasteiger partial charge on any atom is 0.319 e. The number of hydrogen-bond donors (Lipinski definition) is 4. The molecule has 0 aromatic carbocycles. The molecule has 3 amide bonds. The van der Waals surface area contributed by atoms with Gasteiger partial charge in [-0.15, -0.1) is 0 Å². The minimum Gasteiger partial charge on any atom is -0.394 e. The van der Waals surface area contributed by atoms with Crippen LogP contribution in [-0.4, -0.2) is 58.6 Å². The molecule has 3 heterocycles. The Bertz CT molecular complexity index is 837. The lowest BCUT2D eigenvalue weighted by atomic mass is 9.97. The lowest BCUT2D eigenvalue weighted by molar-refractivity contribution is -0.0892. The molecule has 2 aromatic rings. The van der Waals surface area contributed by atoms with Gasteiger partial charge < -0.3 is 30.3 Å². The van der Waals surface area contributed by atoms with Crippen LogP contribution >= 0.6 is 0 Å². The third-order valence-corrected chi connectivity index (χ3v) is 5.08. The number of ether oxygens (including phenoxy) is 1. The van der Waals surface area contributed by atoms with Gasteiger partial charge in [0.15, 0.2) is 5.76 Å². The molecule has 162 valence electrons. The van der Waals surface area contributed by atoms with Gasteiger partial charge in [-0.1, -0.05) is 5.16 Å². The van der Waals surface area contributed by atoms with E-state index >= 15 is 0 Å². The van der Waals surface area contributed by atoms with Gasteiger partial charge in [0.1, 0.15) is 17.5 Å². The standard InChI is InChI=1S/C20H27N5O5/c1-12-18(13(2)30-25-12)24-20(28)22-10-7-15-3-4-16(17(11-26)29-15)23-19(27)14-5-8-21-9-6-14/h5-6,8-9,15-17,26H,3-4,7,10-11H2,1-2H3,(H,23,27)(H2,22,24,28)/t15-,16+,17+/m0/s1. The summed E-state index contributed by atoms with van der Waals surface area (Å²) in [6, 6.07) is 2.65. The van der Waals surface area contributed by atoms with Crippen molar-refractivity contribution >= 4 is 17.6 Å². The van der Waals surface area contributed by atoms with Gasteiger partial charge in [0.2, 0.25) is 0 Å². The molecule has 10 heteroatoms. The fraction of sp³-hybridized carbons (Fsp3) is 0.500. The second kappa shape index (κ2) is 10.2. The van der Waals surface area contributed by atoms with Gasteiger partial charge in [0, 0.05) is 24.5 Å². The molecular weight excluding hydrogens is 390 g/mol. The molecule has 0 saturated carbocycles. The minimum absolute atomic E-state index is 0.115. The maximum absolute atomic E-state index is 12.3. The van der Waals surface area contributed by atoms with Crippen molar-refractivity contribution in [1.82, 2.24) is 20.8 Å². The summed E-state index contributed by atoms with van der Waals surface area (Å²) in [6.45, 7) is 3.69. The molecular formula is C20H27N5O5. The Hall–Kier alpha value is -2.98. The van der Waals surface area contributed by atoms with Crippen LogP contribution in [0.1, 0.15) is 41.1 Å². The van der Waals surface area contributed by atoms with E-state index in [1.807, 2.05) is 0 Å². The Morgan fingerprint density at radius 2 is 2.00 bits per heavy atom. The summed E-state index contributed by atoms with van der Waals surface area (Å²) in [6.07, 6.45) is 4.49. The van der Waals surface area contributed by atoms with E-state index in [2.05, 4.69) is 26.1 Å². The molecule has 30 heavy (non-hydrogen) atoms. The van der Waals surface area contributed by atoms with Gasteiger partial charge >= 0.3 is 6.03 Å². The number of nitrogens with zero attached hydrogens (tertiary/aromatic N) is 2. The van der Waals surface area contributed by atoms with Crippen LogP contribution in [0.2, 0.25) is 0 Å². The third-order valence-electron chi connectivity index (χ3n) is 5.08. The fourth-order valence-corrected chi connectivity index (χ4v) is 3.43. The molecule has 3 atom stereocenters. The second-order valence-corrected chi connectivity index (χ2v) is 7.24. The average Bonchev–Trinajstić information content (AvgIpc) is 3.07. The number of anilines is 1. The number of nitrogens with one attached hydrogen (secondary N) is 3. The highest BCUT2D eigenvalue weighted by molar-refractivity contribution is 5.94. The first kappa shape index (κ1) is 21.7. The molecule has 1 aliphatic heterocycles. The van der Waals surface area contributed by atoms with Crippen molar-refractivity contribution in [1.29, 1.82) is 0 Å². The largest absolute Gasteiger partial charge is 0.394 e. The third kappa shape index (κ3) is 5.55. The molecule has 3 rings (SSSR count). The van der Waals surface area contributed by atoms with Crippen LogP contribution in [0.5, 0.6) is 0 Å². The summed E-state index contributed by atoms with van der Waals surface area (Å²) in [4.78, 5) is 28.3. The second-order valence-electron chi connectivity index (χ2n) is 7.24. The van der Waals surface area contributed by atoms with Crippen molar-refractivity contribution < 1.29 is 24.0 Å². The van der Waals surface area contributed by atoms with Crippen molar-refractivity contribution in [2.45, 2.75) is 51.4 Å². The highest BCUT2D eigenvalue weighted by Gasteiger charge is 2.32. The Morgan fingerprint density at radius 3 is 2.67 bits per heavy atom. The summed E-state index contributed by atoms with van der Waals surface area (Å²) in [5, 5.41) is 21.9. The van der Waals surface area contributed by atoms with Crippen molar-refractivity contribution in [3.05, 3.63) is 41.5 Å². The van der Waals surface area contributed by atoms with Crippen LogP contribution < -0.4 is 16.0 Å². The quantitative estimate of drug-likeness (QED) is 0.536. The number of aryl methyl sites for hydroxylation is 2. The number of amides is 3. The first-order valence-electron chi connectivity index (χ1n) is 9.93. The lowest BCUT2D eigenvalue weighted by Crippen LogP contribution is -2.51. The topological polar surface area (TPSA) is 139 Å². The van der Waals surface area contributed by atoms with E-state index < -0.39 is 6.10 Å². The molecule has 1 saturated heterocycles. The summed E-state index contributed by atoms with van der Waals surface area (Å²) >= 11 is 0. The fourth-order valence-electron chi connectivity index (χ4n) is 3.43. The summed E-state index contributed by atoms with van der Waals surface area (Å²) in [7, 11) is 0. The van der Waals surface area contributed by atoms with E-state index in [-0.39, 0.29) is 30.7 Å². The van der Waals surface area contributed by atoms with Crippen molar-refractivity contribution in [3.8, 4) is 0 Å².